The van der Waals surface area contributed by atoms with Gasteiger partial charge in [0.05, 0.1) is 12.0 Å². The molecule has 0 aromatic heterocycles. The van der Waals surface area contributed by atoms with E-state index in [2.05, 4.69) is 10.3 Å². The molecule has 23 heavy (non-hydrogen) atoms. The van der Waals surface area contributed by atoms with Crippen LogP contribution in [0, 0.1) is 10.1 Å². The molecule has 1 aromatic carbocycles. The van der Waals surface area contributed by atoms with E-state index in [9.17, 15) is 19.7 Å². The van der Waals surface area contributed by atoms with Gasteiger partial charge >= 0.3 is 5.69 Å². The number of ether oxygens (including phenoxy) is 1. The fourth-order valence-electron chi connectivity index (χ4n) is 2.01. The lowest BCUT2D eigenvalue weighted by Crippen LogP contribution is -2.37. The Morgan fingerprint density at radius 3 is 2.74 bits per heavy atom. The third kappa shape index (κ3) is 3.34. The van der Waals surface area contributed by atoms with E-state index < -0.39 is 10.8 Å². The number of methoxy groups -OCH3 is 1. The molecule has 9 heteroatoms. The maximum Gasteiger partial charge on any atom is 0.311 e. The molecule has 1 aromatic rings. The fraction of sp³-hybridized carbons (Fsp3) is 0.214. The van der Waals surface area contributed by atoms with Crippen LogP contribution >= 0.6 is 0 Å². The maximum absolute atomic E-state index is 11.9. The molecule has 2 rings (SSSR count). The van der Waals surface area contributed by atoms with Crippen molar-refractivity contribution in [3.05, 3.63) is 39.6 Å². The molecule has 0 saturated heterocycles. The molecule has 1 N–H and O–H groups in total. The molecule has 0 spiro atoms. The van der Waals surface area contributed by atoms with Gasteiger partial charge in [-0.15, -0.1) is 0 Å². The number of hydrogen-bond acceptors (Lipinski definition) is 6. The molecule has 9 nitrogen and oxygen atoms in total. The molecule has 0 saturated carbocycles. The van der Waals surface area contributed by atoms with Crippen molar-refractivity contribution >= 4 is 29.5 Å². The van der Waals surface area contributed by atoms with Crippen LogP contribution in [0.25, 0.3) is 6.08 Å². The summed E-state index contributed by atoms with van der Waals surface area (Å²) in [6, 6.07) is 4.32. The van der Waals surface area contributed by atoms with Gasteiger partial charge in [-0.2, -0.15) is 4.99 Å². The van der Waals surface area contributed by atoms with Gasteiger partial charge in [0.1, 0.15) is 5.70 Å². The van der Waals surface area contributed by atoms with Gasteiger partial charge in [0.15, 0.2) is 5.75 Å². The van der Waals surface area contributed by atoms with Crippen molar-refractivity contribution in [2.45, 2.75) is 6.92 Å². The minimum Gasteiger partial charge on any atom is -0.490 e. The first-order valence-electron chi connectivity index (χ1n) is 6.52. The predicted octanol–water partition coefficient (Wildman–Crippen LogP) is 0.908. The number of carbonyl (C=O) groups excluding carboxylic acids is 2. The Kier molecular flexibility index (Phi) is 4.39. The van der Waals surface area contributed by atoms with Crippen molar-refractivity contribution in [1.29, 1.82) is 0 Å². The molecule has 2 amide bonds. The van der Waals surface area contributed by atoms with Crippen LogP contribution in [0.5, 0.6) is 5.75 Å². The van der Waals surface area contributed by atoms with Gasteiger partial charge in [-0.3, -0.25) is 25.0 Å². The normalized spacial score (nSPS) is 15.6. The lowest BCUT2D eigenvalue weighted by molar-refractivity contribution is -0.385. The van der Waals surface area contributed by atoms with Crippen LogP contribution in [-0.2, 0) is 9.59 Å². The third-order valence-corrected chi connectivity index (χ3v) is 3.10. The number of amides is 2. The fourth-order valence-corrected chi connectivity index (χ4v) is 2.01. The highest BCUT2D eigenvalue weighted by atomic mass is 16.6. The number of nitro benzene ring substituents is 1. The van der Waals surface area contributed by atoms with Crippen molar-refractivity contribution in [2.24, 2.45) is 4.99 Å². The Hall–Kier alpha value is -3.23. The second-order valence-electron chi connectivity index (χ2n) is 4.70. The van der Waals surface area contributed by atoms with Crippen LogP contribution in [-0.4, -0.2) is 41.8 Å². The lowest BCUT2D eigenvalue weighted by atomic mass is 10.1. The zero-order chi connectivity index (χ0) is 17.1. The average molecular weight is 318 g/mol. The third-order valence-electron chi connectivity index (χ3n) is 3.10. The number of likely N-dealkylation sites (N-methyl/N-ethyl adjacent to an activating group) is 1. The van der Waals surface area contributed by atoms with Crippen molar-refractivity contribution in [3.8, 4) is 5.75 Å². The monoisotopic (exact) mass is 318 g/mol. The molecule has 0 atom stereocenters. The average Bonchev–Trinajstić information content (AvgIpc) is 2.74. The van der Waals surface area contributed by atoms with E-state index in [0.717, 1.165) is 0 Å². The molecule has 1 aliphatic rings. The molecule has 0 aliphatic carbocycles. The smallest absolute Gasteiger partial charge is 0.311 e. The van der Waals surface area contributed by atoms with Gasteiger partial charge in [-0.25, -0.2) is 0 Å². The Bertz CT molecular complexity index is 754. The van der Waals surface area contributed by atoms with Crippen LogP contribution in [0.3, 0.4) is 0 Å². The number of rotatable bonds is 3. The van der Waals surface area contributed by atoms with E-state index in [1.54, 1.807) is 13.1 Å². The summed E-state index contributed by atoms with van der Waals surface area (Å²) in [4.78, 5) is 38.6. The Labute approximate surface area is 131 Å². The number of guanidine groups is 1. The molecule has 1 aliphatic heterocycles. The Balaban J connectivity index is 2.36. The van der Waals surface area contributed by atoms with E-state index in [0.29, 0.717) is 5.56 Å². The zero-order valence-corrected chi connectivity index (χ0v) is 12.7. The van der Waals surface area contributed by atoms with Gasteiger partial charge in [0, 0.05) is 20.0 Å². The van der Waals surface area contributed by atoms with Crippen LogP contribution in [0.1, 0.15) is 12.5 Å². The van der Waals surface area contributed by atoms with Crippen molar-refractivity contribution < 1.29 is 19.2 Å². The summed E-state index contributed by atoms with van der Waals surface area (Å²) in [5.74, 6) is -0.672. The van der Waals surface area contributed by atoms with Gasteiger partial charge in [-0.05, 0) is 17.7 Å². The SMILES string of the molecule is COc1ccc(/C=C2/C(=O)N=C(NC(C)=O)N2C)cc1[N+](=O)[O-]. The van der Waals surface area contributed by atoms with E-state index in [-0.39, 0.29) is 29.0 Å². The second-order valence-corrected chi connectivity index (χ2v) is 4.70. The van der Waals surface area contributed by atoms with E-state index >= 15 is 0 Å². The van der Waals surface area contributed by atoms with Gasteiger partial charge in [0.2, 0.25) is 11.9 Å². The van der Waals surface area contributed by atoms with Gasteiger partial charge < -0.3 is 9.64 Å². The van der Waals surface area contributed by atoms with Crippen molar-refractivity contribution in [3.63, 3.8) is 0 Å². The number of benzene rings is 1. The summed E-state index contributed by atoms with van der Waals surface area (Å²) in [6.07, 6.45) is 1.45. The molecular weight excluding hydrogens is 304 g/mol. The first-order valence-corrected chi connectivity index (χ1v) is 6.52. The summed E-state index contributed by atoms with van der Waals surface area (Å²) < 4.78 is 4.92. The summed E-state index contributed by atoms with van der Waals surface area (Å²) in [5.41, 5.74) is 0.415. The van der Waals surface area contributed by atoms with Crippen LogP contribution < -0.4 is 10.1 Å². The Morgan fingerprint density at radius 2 is 2.17 bits per heavy atom. The number of hydrogen-bond donors (Lipinski definition) is 1. The molecule has 0 radical (unpaired) electrons. The molecule has 120 valence electrons. The number of nitro groups is 1. The van der Waals surface area contributed by atoms with Crippen molar-refractivity contribution in [1.82, 2.24) is 10.2 Å². The van der Waals surface area contributed by atoms with E-state index in [4.69, 9.17) is 4.74 Å². The van der Waals surface area contributed by atoms with Gasteiger partial charge in [-0.1, -0.05) is 6.07 Å². The standard InChI is InChI=1S/C14H14N4O5/c1-8(19)15-14-16-13(20)11(17(14)2)7-9-4-5-12(23-3)10(6-9)18(21)22/h4-7H,1-3H3,(H,15,16,19,20)/b11-7-. The largest absolute Gasteiger partial charge is 0.490 e. The highest BCUT2D eigenvalue weighted by Gasteiger charge is 2.27. The first-order chi connectivity index (χ1) is 10.8. The highest BCUT2D eigenvalue weighted by Crippen LogP contribution is 2.29. The topological polar surface area (TPSA) is 114 Å². The minimum absolute atomic E-state index is 0.108. The summed E-state index contributed by atoms with van der Waals surface area (Å²) >= 11 is 0. The molecule has 0 bridgehead atoms. The predicted molar refractivity (Wildman–Crippen MR) is 81.6 cm³/mol. The Morgan fingerprint density at radius 1 is 1.48 bits per heavy atom. The molecule has 1 heterocycles. The number of carbonyl (C=O) groups is 2. The summed E-state index contributed by atoms with van der Waals surface area (Å²) in [7, 11) is 2.89. The lowest BCUT2D eigenvalue weighted by Gasteiger charge is -2.14. The minimum atomic E-state index is -0.569. The first kappa shape index (κ1) is 16.1. The second kappa shape index (κ2) is 6.26. The summed E-state index contributed by atoms with van der Waals surface area (Å²) in [5, 5.41) is 13.5. The molecular formula is C14H14N4O5. The van der Waals surface area contributed by atoms with E-state index in [1.807, 2.05) is 0 Å². The van der Waals surface area contributed by atoms with Crippen LogP contribution in [0.4, 0.5) is 5.69 Å². The number of aliphatic imine (C=N–C) groups is 1. The molecule has 0 unspecified atom stereocenters. The van der Waals surface area contributed by atoms with Crippen LogP contribution in [0.2, 0.25) is 0 Å². The highest BCUT2D eigenvalue weighted by molar-refractivity contribution is 6.15. The number of nitrogens with zero attached hydrogens (tertiary/aromatic N) is 3. The quantitative estimate of drug-likeness (QED) is 0.503. The maximum atomic E-state index is 11.9. The van der Waals surface area contributed by atoms with Crippen LogP contribution in [0.15, 0.2) is 28.9 Å². The van der Waals surface area contributed by atoms with Crippen molar-refractivity contribution in [2.75, 3.05) is 14.2 Å². The van der Waals surface area contributed by atoms with E-state index in [1.165, 1.54) is 37.1 Å². The summed E-state index contributed by atoms with van der Waals surface area (Å²) in [6.45, 7) is 1.30. The number of nitrogens with one attached hydrogen (secondary N) is 1. The zero-order valence-electron chi connectivity index (χ0n) is 12.7. The molecule has 0 fully saturated rings. The van der Waals surface area contributed by atoms with Gasteiger partial charge in [0.25, 0.3) is 5.91 Å².